The second-order valence-corrected chi connectivity index (χ2v) is 7.78. The number of methoxy groups -OCH3 is 1. The van der Waals surface area contributed by atoms with Crippen molar-refractivity contribution in [3.05, 3.63) is 53.6 Å². The summed E-state index contributed by atoms with van der Waals surface area (Å²) >= 11 is 1.08. The number of amides is 2. The lowest BCUT2D eigenvalue weighted by atomic mass is 10.1. The van der Waals surface area contributed by atoms with Crippen molar-refractivity contribution in [3.63, 3.8) is 0 Å². The second-order valence-electron chi connectivity index (χ2n) is 6.54. The topological polar surface area (TPSA) is 67.4 Å². The number of hydrogen-bond acceptors (Lipinski definition) is 4. The molecule has 0 saturated heterocycles. The highest BCUT2D eigenvalue weighted by atomic mass is 32.2. The van der Waals surface area contributed by atoms with Crippen LogP contribution in [0.2, 0.25) is 0 Å². The molecule has 0 saturated carbocycles. The van der Waals surface area contributed by atoms with Crippen LogP contribution in [0.3, 0.4) is 0 Å². The lowest BCUT2D eigenvalue weighted by molar-refractivity contribution is -0.137. The largest absolute Gasteiger partial charge is 0.496 e. The van der Waals surface area contributed by atoms with Crippen LogP contribution in [-0.2, 0) is 15.8 Å². The van der Waals surface area contributed by atoms with Gasteiger partial charge in [-0.2, -0.15) is 13.2 Å². The molecule has 0 aromatic heterocycles. The highest BCUT2D eigenvalue weighted by Gasteiger charge is 2.34. The SMILES string of the molecule is COc1ccccc1[C@H](C)NC(=O)C[C@H]1Sc2ccc(C(F)(F)F)cc2NC1=O. The molecule has 0 fully saturated rings. The second kappa shape index (κ2) is 8.36. The van der Waals surface area contributed by atoms with Gasteiger partial charge in [-0.15, -0.1) is 11.8 Å². The summed E-state index contributed by atoms with van der Waals surface area (Å²) in [6.07, 6.45) is -4.59. The number of para-hydroxylation sites is 1. The number of hydrogen-bond donors (Lipinski definition) is 2. The minimum atomic E-state index is -4.49. The molecule has 0 aliphatic carbocycles. The first kappa shape index (κ1) is 21.0. The first-order valence-corrected chi connectivity index (χ1v) is 9.68. The molecule has 0 spiro atoms. The number of thioether (sulfide) groups is 1. The number of ether oxygens (including phenoxy) is 1. The summed E-state index contributed by atoms with van der Waals surface area (Å²) in [5, 5.41) is 4.57. The average molecular weight is 424 g/mol. The van der Waals surface area contributed by atoms with Crippen LogP contribution in [0.25, 0.3) is 0 Å². The van der Waals surface area contributed by atoms with Crippen LogP contribution in [0.1, 0.15) is 30.5 Å². The van der Waals surface area contributed by atoms with Gasteiger partial charge in [0.15, 0.2) is 0 Å². The molecule has 1 aliphatic heterocycles. The van der Waals surface area contributed by atoms with E-state index in [2.05, 4.69) is 10.6 Å². The zero-order valence-electron chi connectivity index (χ0n) is 15.7. The van der Waals surface area contributed by atoms with Crippen LogP contribution in [0.15, 0.2) is 47.4 Å². The number of halogens is 3. The molecule has 0 unspecified atom stereocenters. The van der Waals surface area contributed by atoms with Gasteiger partial charge in [-0.25, -0.2) is 0 Å². The van der Waals surface area contributed by atoms with Gasteiger partial charge in [0.1, 0.15) is 5.75 Å². The number of rotatable bonds is 5. The Kier molecular flexibility index (Phi) is 6.07. The smallest absolute Gasteiger partial charge is 0.416 e. The first-order chi connectivity index (χ1) is 13.7. The predicted molar refractivity (Wildman–Crippen MR) is 104 cm³/mol. The van der Waals surface area contributed by atoms with Crippen molar-refractivity contribution >= 4 is 29.3 Å². The van der Waals surface area contributed by atoms with E-state index in [1.165, 1.54) is 13.2 Å². The zero-order valence-corrected chi connectivity index (χ0v) is 16.5. The Morgan fingerprint density at radius 1 is 1.28 bits per heavy atom. The van der Waals surface area contributed by atoms with Crippen LogP contribution in [-0.4, -0.2) is 24.2 Å². The summed E-state index contributed by atoms with van der Waals surface area (Å²) in [6.45, 7) is 1.80. The number of fused-ring (bicyclic) bond motifs is 1. The monoisotopic (exact) mass is 424 g/mol. The Hall–Kier alpha value is -2.68. The summed E-state index contributed by atoms with van der Waals surface area (Å²) in [4.78, 5) is 25.2. The molecule has 2 amide bonds. The van der Waals surface area contributed by atoms with E-state index in [0.717, 1.165) is 29.5 Å². The third kappa shape index (κ3) is 4.84. The maximum Gasteiger partial charge on any atom is 0.416 e. The minimum absolute atomic E-state index is 0.101. The highest BCUT2D eigenvalue weighted by Crippen LogP contribution is 2.40. The molecule has 2 atom stereocenters. The molecule has 2 N–H and O–H groups in total. The number of alkyl halides is 3. The van der Waals surface area contributed by atoms with Crippen molar-refractivity contribution in [1.82, 2.24) is 5.32 Å². The molecule has 0 radical (unpaired) electrons. The van der Waals surface area contributed by atoms with E-state index in [1.54, 1.807) is 13.0 Å². The molecular weight excluding hydrogens is 405 g/mol. The Labute approximate surface area is 170 Å². The van der Waals surface area contributed by atoms with E-state index in [1.807, 2.05) is 18.2 Å². The third-order valence-corrected chi connectivity index (χ3v) is 5.76. The normalized spacial score (nSPS) is 17.1. The van der Waals surface area contributed by atoms with Crippen molar-refractivity contribution in [2.45, 2.75) is 35.7 Å². The van der Waals surface area contributed by atoms with E-state index in [-0.39, 0.29) is 24.1 Å². The van der Waals surface area contributed by atoms with Gasteiger partial charge in [-0.05, 0) is 31.2 Å². The van der Waals surface area contributed by atoms with Crippen LogP contribution >= 0.6 is 11.8 Å². The lowest BCUT2D eigenvalue weighted by Gasteiger charge is -2.25. The Morgan fingerprint density at radius 3 is 2.69 bits per heavy atom. The third-order valence-electron chi connectivity index (χ3n) is 4.48. The van der Waals surface area contributed by atoms with E-state index >= 15 is 0 Å². The Morgan fingerprint density at radius 2 is 2.00 bits per heavy atom. The first-order valence-electron chi connectivity index (χ1n) is 8.80. The van der Waals surface area contributed by atoms with Gasteiger partial charge in [0.05, 0.1) is 29.7 Å². The molecular formula is C20H19F3N2O3S. The van der Waals surface area contributed by atoms with Crippen LogP contribution in [0.4, 0.5) is 18.9 Å². The fourth-order valence-corrected chi connectivity index (χ4v) is 4.12. The molecule has 9 heteroatoms. The summed E-state index contributed by atoms with van der Waals surface area (Å²) in [7, 11) is 1.54. The molecule has 2 aromatic carbocycles. The maximum absolute atomic E-state index is 12.8. The van der Waals surface area contributed by atoms with Crippen molar-refractivity contribution in [3.8, 4) is 5.75 Å². The molecule has 1 heterocycles. The quantitative estimate of drug-likeness (QED) is 0.747. The van der Waals surface area contributed by atoms with E-state index in [4.69, 9.17) is 4.74 Å². The van der Waals surface area contributed by atoms with Crippen LogP contribution in [0, 0.1) is 0 Å². The van der Waals surface area contributed by atoms with Crippen LogP contribution in [0.5, 0.6) is 5.75 Å². The van der Waals surface area contributed by atoms with E-state index in [0.29, 0.717) is 10.6 Å². The zero-order chi connectivity index (χ0) is 21.2. The highest BCUT2D eigenvalue weighted by molar-refractivity contribution is 8.01. The molecule has 154 valence electrons. The lowest BCUT2D eigenvalue weighted by Crippen LogP contribution is -2.36. The summed E-state index contributed by atoms with van der Waals surface area (Å²) < 4.78 is 43.8. The van der Waals surface area contributed by atoms with Gasteiger partial charge in [0, 0.05) is 16.9 Å². The molecule has 29 heavy (non-hydrogen) atoms. The van der Waals surface area contributed by atoms with Crippen molar-refractivity contribution < 1.29 is 27.5 Å². The summed E-state index contributed by atoms with van der Waals surface area (Å²) in [5.74, 6) is -0.201. The Bertz CT molecular complexity index is 933. The minimum Gasteiger partial charge on any atom is -0.496 e. The molecule has 5 nitrogen and oxygen atoms in total. The molecule has 1 aliphatic rings. The van der Waals surface area contributed by atoms with Gasteiger partial charge in [0.25, 0.3) is 0 Å². The molecule has 2 aromatic rings. The number of carbonyl (C=O) groups is 2. The van der Waals surface area contributed by atoms with Gasteiger partial charge in [-0.3, -0.25) is 9.59 Å². The van der Waals surface area contributed by atoms with Gasteiger partial charge in [0.2, 0.25) is 11.8 Å². The van der Waals surface area contributed by atoms with Gasteiger partial charge in [-0.1, -0.05) is 18.2 Å². The van der Waals surface area contributed by atoms with E-state index in [9.17, 15) is 22.8 Å². The average Bonchev–Trinajstić information content (AvgIpc) is 2.67. The van der Waals surface area contributed by atoms with Crippen molar-refractivity contribution in [1.29, 1.82) is 0 Å². The summed E-state index contributed by atoms with van der Waals surface area (Å²) in [6, 6.07) is 10.1. The number of nitrogens with one attached hydrogen (secondary N) is 2. The Balaban J connectivity index is 1.66. The van der Waals surface area contributed by atoms with E-state index < -0.39 is 22.9 Å². The van der Waals surface area contributed by atoms with Crippen molar-refractivity contribution in [2.75, 3.05) is 12.4 Å². The standard InChI is InChI=1S/C20H19F3N2O3S/c1-11(13-5-3-4-6-15(13)28-2)24-18(26)10-17-19(27)25-14-9-12(20(21,22)23)7-8-16(14)29-17/h3-9,11,17H,10H2,1-2H3,(H,24,26)(H,25,27)/t11-,17+/m0/s1. The van der Waals surface area contributed by atoms with Gasteiger partial charge < -0.3 is 15.4 Å². The maximum atomic E-state index is 12.8. The van der Waals surface area contributed by atoms with Crippen LogP contribution < -0.4 is 15.4 Å². The number of carbonyl (C=O) groups excluding carboxylic acids is 2. The molecule has 0 bridgehead atoms. The molecule has 3 rings (SSSR count). The fraction of sp³-hybridized carbons (Fsp3) is 0.300. The predicted octanol–water partition coefficient (Wildman–Crippen LogP) is 4.39. The number of anilines is 1. The number of benzene rings is 2. The van der Waals surface area contributed by atoms with Crippen molar-refractivity contribution in [2.24, 2.45) is 0 Å². The fourth-order valence-electron chi connectivity index (χ4n) is 3.03. The van der Waals surface area contributed by atoms with Gasteiger partial charge >= 0.3 is 6.18 Å². The summed E-state index contributed by atoms with van der Waals surface area (Å²) in [5.41, 5.74) is 0.0713.